The highest BCUT2D eigenvalue weighted by Crippen LogP contribution is 2.32. The average Bonchev–Trinajstić information content (AvgIpc) is 2.34. The minimum Gasteiger partial charge on any atom is -0.351 e. The van der Waals surface area contributed by atoms with Crippen molar-refractivity contribution < 1.29 is 8.78 Å². The van der Waals surface area contributed by atoms with E-state index in [1.807, 2.05) is 6.07 Å². The van der Waals surface area contributed by atoms with Crippen LogP contribution in [0.2, 0.25) is 5.02 Å². The van der Waals surface area contributed by atoms with Gasteiger partial charge in [0.1, 0.15) is 11.9 Å². The summed E-state index contributed by atoms with van der Waals surface area (Å²) < 4.78 is 26.9. The molecule has 0 aliphatic rings. The summed E-state index contributed by atoms with van der Waals surface area (Å²) in [6.45, 7) is 0. The second kappa shape index (κ2) is 5.55. The van der Waals surface area contributed by atoms with Crippen LogP contribution in [0.1, 0.15) is 5.56 Å². The van der Waals surface area contributed by atoms with Gasteiger partial charge in [-0.2, -0.15) is 5.26 Å². The van der Waals surface area contributed by atoms with Crippen molar-refractivity contribution in [3.8, 4) is 6.07 Å². The summed E-state index contributed by atoms with van der Waals surface area (Å²) in [7, 11) is 0. The highest BCUT2D eigenvalue weighted by atomic mass is 79.9. The van der Waals surface area contributed by atoms with Gasteiger partial charge >= 0.3 is 0 Å². The van der Waals surface area contributed by atoms with Crippen molar-refractivity contribution >= 4 is 38.9 Å². The fraction of sp³-hybridized carbons (Fsp3) is 0. The van der Waals surface area contributed by atoms with Crippen LogP contribution in [-0.4, -0.2) is 0 Å². The van der Waals surface area contributed by atoms with Crippen molar-refractivity contribution in [1.82, 2.24) is 0 Å². The maximum absolute atomic E-state index is 13.7. The van der Waals surface area contributed by atoms with Crippen molar-refractivity contribution in [1.29, 1.82) is 5.26 Å². The van der Waals surface area contributed by atoms with Gasteiger partial charge in [0.05, 0.1) is 16.9 Å². The summed E-state index contributed by atoms with van der Waals surface area (Å²) in [6, 6.07) is 8.41. The molecular weight excluding hydrogens is 338 g/mol. The summed E-state index contributed by atoms with van der Waals surface area (Å²) >= 11 is 8.89. The Morgan fingerprint density at radius 1 is 1.21 bits per heavy atom. The summed E-state index contributed by atoms with van der Waals surface area (Å²) in [5, 5.41) is 12.1. The Balaban J connectivity index is 2.48. The minimum atomic E-state index is -0.768. The largest absolute Gasteiger partial charge is 0.351 e. The first kappa shape index (κ1) is 13.8. The Hall–Kier alpha value is -1.64. The first-order valence-electron chi connectivity index (χ1n) is 5.12. The number of nitrogens with one attached hydrogen (secondary N) is 1. The Morgan fingerprint density at radius 2 is 1.95 bits per heavy atom. The number of anilines is 2. The molecule has 2 aromatic rings. The van der Waals surface area contributed by atoms with E-state index in [2.05, 4.69) is 21.2 Å². The van der Waals surface area contributed by atoms with E-state index in [9.17, 15) is 8.78 Å². The summed E-state index contributed by atoms with van der Waals surface area (Å²) in [5.74, 6) is -1.46. The van der Waals surface area contributed by atoms with Crippen molar-refractivity contribution in [3.63, 3.8) is 0 Å². The maximum atomic E-state index is 13.7. The number of nitrogens with zero attached hydrogens (tertiary/aromatic N) is 1. The first-order valence-corrected chi connectivity index (χ1v) is 6.29. The zero-order chi connectivity index (χ0) is 14.0. The third-order valence-electron chi connectivity index (χ3n) is 2.37. The van der Waals surface area contributed by atoms with Crippen LogP contribution in [0.5, 0.6) is 0 Å². The molecule has 2 nitrogen and oxygen atoms in total. The fourth-order valence-electron chi connectivity index (χ4n) is 1.51. The van der Waals surface area contributed by atoms with E-state index in [0.29, 0.717) is 16.3 Å². The third kappa shape index (κ3) is 3.03. The van der Waals surface area contributed by atoms with Gasteiger partial charge in [0.2, 0.25) is 0 Å². The molecule has 0 aliphatic carbocycles. The molecule has 0 aromatic heterocycles. The number of hydrogen-bond acceptors (Lipinski definition) is 2. The highest BCUT2D eigenvalue weighted by Gasteiger charge is 2.12. The zero-order valence-corrected chi connectivity index (χ0v) is 11.7. The van der Waals surface area contributed by atoms with Crippen LogP contribution in [0.4, 0.5) is 20.2 Å². The number of hydrogen-bond donors (Lipinski definition) is 1. The predicted molar refractivity (Wildman–Crippen MR) is 73.5 cm³/mol. The number of benzene rings is 2. The van der Waals surface area contributed by atoms with E-state index in [1.165, 1.54) is 12.1 Å². The van der Waals surface area contributed by atoms with Gasteiger partial charge in [-0.1, -0.05) is 11.6 Å². The lowest BCUT2D eigenvalue weighted by Crippen LogP contribution is -1.98. The van der Waals surface area contributed by atoms with E-state index in [4.69, 9.17) is 16.9 Å². The Morgan fingerprint density at radius 3 is 2.58 bits per heavy atom. The molecule has 0 bridgehead atoms. The van der Waals surface area contributed by atoms with Crippen molar-refractivity contribution in [2.45, 2.75) is 0 Å². The molecule has 0 fully saturated rings. The van der Waals surface area contributed by atoms with Crippen LogP contribution in [0.3, 0.4) is 0 Å². The van der Waals surface area contributed by atoms with Crippen molar-refractivity contribution in [2.75, 3.05) is 5.32 Å². The van der Waals surface area contributed by atoms with E-state index in [1.54, 1.807) is 6.07 Å². The molecule has 0 aliphatic heterocycles. The predicted octanol–water partition coefficient (Wildman–Crippen LogP) is 5.00. The minimum absolute atomic E-state index is 0.0418. The lowest BCUT2D eigenvalue weighted by molar-refractivity contribution is 0.584. The first-order chi connectivity index (χ1) is 9.01. The van der Waals surface area contributed by atoms with Gasteiger partial charge in [0.25, 0.3) is 0 Å². The van der Waals surface area contributed by atoms with Gasteiger partial charge in [0.15, 0.2) is 5.82 Å². The molecular formula is C13H6BrClF2N2. The zero-order valence-electron chi connectivity index (χ0n) is 9.35. The monoisotopic (exact) mass is 342 g/mol. The molecule has 0 unspecified atom stereocenters. The van der Waals surface area contributed by atoms with Crippen LogP contribution >= 0.6 is 27.5 Å². The number of nitriles is 1. The lowest BCUT2D eigenvalue weighted by atomic mass is 10.2. The quantitative estimate of drug-likeness (QED) is 0.833. The molecule has 0 radical (unpaired) electrons. The smallest absolute Gasteiger partial charge is 0.150 e. The van der Waals surface area contributed by atoms with Gasteiger partial charge in [0, 0.05) is 15.6 Å². The van der Waals surface area contributed by atoms with Crippen LogP contribution in [0, 0.1) is 23.0 Å². The standard InChI is InChI=1S/C13H6BrClF2N2/c14-10-4-9(16)5-11(17)13(10)19-12-3-8(15)2-1-7(12)6-18/h1-5,19H. The van der Waals surface area contributed by atoms with Crippen LogP contribution < -0.4 is 5.32 Å². The molecule has 0 spiro atoms. The second-order valence-corrected chi connectivity index (χ2v) is 4.96. The lowest BCUT2D eigenvalue weighted by Gasteiger charge is -2.11. The maximum Gasteiger partial charge on any atom is 0.150 e. The summed E-state index contributed by atoms with van der Waals surface area (Å²) in [6.07, 6.45) is 0. The molecule has 0 saturated carbocycles. The fourth-order valence-corrected chi connectivity index (χ4v) is 2.19. The van der Waals surface area contributed by atoms with Crippen LogP contribution in [-0.2, 0) is 0 Å². The Labute approximate surface area is 121 Å². The molecule has 0 heterocycles. The molecule has 0 atom stereocenters. The number of halogens is 4. The second-order valence-electron chi connectivity index (χ2n) is 3.67. The van der Waals surface area contributed by atoms with E-state index in [-0.39, 0.29) is 10.2 Å². The molecule has 1 N–H and O–H groups in total. The topological polar surface area (TPSA) is 35.8 Å². The molecule has 96 valence electrons. The van der Waals surface area contributed by atoms with E-state index in [0.717, 1.165) is 12.1 Å². The van der Waals surface area contributed by atoms with Crippen molar-refractivity contribution in [3.05, 3.63) is 57.0 Å². The Bertz CT molecular complexity index is 660. The van der Waals surface area contributed by atoms with Crippen LogP contribution in [0.25, 0.3) is 0 Å². The molecule has 6 heteroatoms. The SMILES string of the molecule is N#Cc1ccc(Cl)cc1Nc1c(F)cc(F)cc1Br. The normalized spacial score (nSPS) is 10.1. The van der Waals surface area contributed by atoms with E-state index >= 15 is 0 Å². The van der Waals surface area contributed by atoms with Crippen LogP contribution in [0.15, 0.2) is 34.8 Å². The van der Waals surface area contributed by atoms with Gasteiger partial charge in [-0.15, -0.1) is 0 Å². The van der Waals surface area contributed by atoms with Gasteiger partial charge < -0.3 is 5.32 Å². The van der Waals surface area contributed by atoms with Crippen molar-refractivity contribution in [2.24, 2.45) is 0 Å². The van der Waals surface area contributed by atoms with E-state index < -0.39 is 11.6 Å². The molecule has 0 amide bonds. The summed E-state index contributed by atoms with van der Waals surface area (Å²) in [4.78, 5) is 0. The van der Waals surface area contributed by atoms with Gasteiger partial charge in [-0.05, 0) is 40.2 Å². The van der Waals surface area contributed by atoms with Gasteiger partial charge in [-0.25, -0.2) is 8.78 Å². The molecule has 2 aromatic carbocycles. The third-order valence-corrected chi connectivity index (χ3v) is 3.23. The molecule has 0 saturated heterocycles. The average molecular weight is 344 g/mol. The molecule has 19 heavy (non-hydrogen) atoms. The number of rotatable bonds is 2. The highest BCUT2D eigenvalue weighted by molar-refractivity contribution is 9.10. The Kier molecular flexibility index (Phi) is 4.03. The van der Waals surface area contributed by atoms with Gasteiger partial charge in [-0.3, -0.25) is 0 Å². The molecule has 2 rings (SSSR count). The summed E-state index contributed by atoms with van der Waals surface area (Å²) in [5.41, 5.74) is 0.696.